The van der Waals surface area contributed by atoms with Gasteiger partial charge in [0, 0.05) is 20.1 Å². The number of hydrogen-bond donors (Lipinski definition) is 0. The molecule has 2 rings (SSSR count). The number of hydrogen-bond acceptors (Lipinski definition) is 11. The number of carbonyl (C=O) groups excluding carboxylic acids is 2. The monoisotopic (exact) mass is 656 g/mol. The minimum absolute atomic E-state index is 0.0834. The lowest BCUT2D eigenvalue weighted by Gasteiger charge is -2.22. The van der Waals surface area contributed by atoms with E-state index in [2.05, 4.69) is 4.98 Å². The maximum absolute atomic E-state index is 15.3. The maximum Gasteiger partial charge on any atom is 0.510 e. The van der Waals surface area contributed by atoms with Crippen LogP contribution in [0.1, 0.15) is 57.9 Å². The van der Waals surface area contributed by atoms with E-state index in [9.17, 15) is 19.2 Å². The van der Waals surface area contributed by atoms with E-state index in [0.717, 1.165) is 23.8 Å². The third-order valence-electron chi connectivity index (χ3n) is 6.59. The lowest BCUT2D eigenvalue weighted by Crippen LogP contribution is -2.36. The number of benzene rings is 1. The highest BCUT2D eigenvalue weighted by Gasteiger charge is 2.28. The standard InChI is InChI=1S/C31H46F2N4O9/c1-4-6-8-9-26(38)37(30-35-28-25(32)21-24(22-34)27(33)29(28)36(30)10-7-5-2)23-46-31(39)45-20-19-44-18-17-43-16-15-42-14-13-41-12-11-40-3/h21H,4-20,23H2,1-3H3. The number of nitriles is 1. The van der Waals surface area contributed by atoms with Gasteiger partial charge >= 0.3 is 6.16 Å². The molecule has 1 amide bonds. The average Bonchev–Trinajstić information content (AvgIpc) is 3.43. The van der Waals surface area contributed by atoms with Gasteiger partial charge in [0.25, 0.3) is 0 Å². The summed E-state index contributed by atoms with van der Waals surface area (Å²) in [5, 5.41) is 9.30. The molecule has 15 heteroatoms. The van der Waals surface area contributed by atoms with Crippen LogP contribution >= 0.6 is 0 Å². The van der Waals surface area contributed by atoms with Gasteiger partial charge in [0.05, 0.1) is 65.0 Å². The molecule has 0 spiro atoms. The molecule has 0 N–H and O–H groups in total. The van der Waals surface area contributed by atoms with Crippen LogP contribution in [0.3, 0.4) is 0 Å². The van der Waals surface area contributed by atoms with Crippen LogP contribution < -0.4 is 4.90 Å². The highest BCUT2D eigenvalue weighted by atomic mass is 19.1. The summed E-state index contributed by atoms with van der Waals surface area (Å²) in [5.41, 5.74) is -1.03. The van der Waals surface area contributed by atoms with E-state index in [1.807, 2.05) is 13.8 Å². The van der Waals surface area contributed by atoms with Crippen LogP contribution in [0.15, 0.2) is 6.07 Å². The molecule has 0 aliphatic carbocycles. The van der Waals surface area contributed by atoms with Crippen LogP contribution in [0.25, 0.3) is 11.0 Å². The Kier molecular flexibility index (Phi) is 19.4. The van der Waals surface area contributed by atoms with E-state index in [1.165, 1.54) is 4.57 Å². The SMILES string of the molecule is CCCCCC(=O)N(COC(=O)OCCOCCOCCOCCOCCOC)c1nc2c(F)cc(C#N)c(F)c2n1CCCC. The number of halogens is 2. The summed E-state index contributed by atoms with van der Waals surface area (Å²) in [6.07, 6.45) is 2.52. The number of amides is 1. The predicted molar refractivity (Wildman–Crippen MR) is 163 cm³/mol. The lowest BCUT2D eigenvalue weighted by molar-refractivity contribution is -0.119. The summed E-state index contributed by atoms with van der Waals surface area (Å²) in [6.45, 7) is 6.87. The zero-order valence-corrected chi connectivity index (χ0v) is 27.0. The zero-order valence-electron chi connectivity index (χ0n) is 27.0. The predicted octanol–water partition coefficient (Wildman–Crippen LogP) is 4.72. The van der Waals surface area contributed by atoms with Gasteiger partial charge in [-0.25, -0.2) is 23.5 Å². The van der Waals surface area contributed by atoms with Gasteiger partial charge in [0.2, 0.25) is 11.9 Å². The highest BCUT2D eigenvalue weighted by Crippen LogP contribution is 2.30. The number of aryl methyl sites for hydroxylation is 1. The number of unbranched alkanes of at least 4 members (excludes halogenated alkanes) is 3. The molecule has 258 valence electrons. The first kappa shape index (κ1) is 38.8. The average molecular weight is 657 g/mol. The zero-order chi connectivity index (χ0) is 33.6. The Morgan fingerprint density at radius 3 is 2.02 bits per heavy atom. The Balaban J connectivity index is 1.89. The van der Waals surface area contributed by atoms with Crippen molar-refractivity contribution in [3.63, 3.8) is 0 Å². The van der Waals surface area contributed by atoms with Gasteiger partial charge < -0.3 is 37.7 Å². The number of nitrogens with zero attached hydrogens (tertiary/aromatic N) is 4. The van der Waals surface area contributed by atoms with Gasteiger partial charge in [-0.3, -0.25) is 4.79 Å². The third kappa shape index (κ3) is 13.1. The molecule has 1 aromatic heterocycles. The van der Waals surface area contributed by atoms with Gasteiger partial charge in [0.15, 0.2) is 18.4 Å². The summed E-state index contributed by atoms with van der Waals surface area (Å²) >= 11 is 0. The van der Waals surface area contributed by atoms with Crippen molar-refractivity contribution in [3.8, 4) is 6.07 Å². The first-order valence-electron chi connectivity index (χ1n) is 15.6. The Morgan fingerprint density at radius 1 is 0.870 bits per heavy atom. The van der Waals surface area contributed by atoms with Crippen molar-refractivity contribution >= 4 is 29.0 Å². The summed E-state index contributed by atoms with van der Waals surface area (Å²) < 4.78 is 68.1. The van der Waals surface area contributed by atoms with Crippen LogP contribution in [0.2, 0.25) is 0 Å². The van der Waals surface area contributed by atoms with Crippen molar-refractivity contribution < 1.29 is 51.5 Å². The van der Waals surface area contributed by atoms with Crippen LogP contribution in [-0.2, 0) is 44.5 Å². The first-order chi connectivity index (χ1) is 22.4. The number of fused-ring (bicyclic) bond motifs is 1. The summed E-state index contributed by atoms with van der Waals surface area (Å²) in [7, 11) is 1.61. The Hall–Kier alpha value is -3.42. The van der Waals surface area contributed by atoms with Gasteiger partial charge in [-0.15, -0.1) is 0 Å². The number of aromatic nitrogens is 2. The number of carbonyl (C=O) groups is 2. The fourth-order valence-electron chi connectivity index (χ4n) is 4.18. The molecule has 1 aromatic carbocycles. The van der Waals surface area contributed by atoms with Crippen molar-refractivity contribution in [1.82, 2.24) is 9.55 Å². The number of methoxy groups -OCH3 is 1. The van der Waals surface area contributed by atoms with E-state index in [4.69, 9.17) is 33.2 Å². The van der Waals surface area contributed by atoms with Crippen molar-refractivity contribution in [2.75, 3.05) is 84.8 Å². The molecule has 46 heavy (non-hydrogen) atoms. The molecule has 0 saturated carbocycles. The van der Waals surface area contributed by atoms with Crippen molar-refractivity contribution in [2.24, 2.45) is 0 Å². The van der Waals surface area contributed by atoms with E-state index in [1.54, 1.807) is 13.2 Å². The van der Waals surface area contributed by atoms with Gasteiger partial charge in [-0.2, -0.15) is 5.26 Å². The van der Waals surface area contributed by atoms with Gasteiger partial charge in [-0.05, 0) is 18.9 Å². The maximum atomic E-state index is 15.3. The van der Waals surface area contributed by atoms with Crippen LogP contribution in [0.4, 0.5) is 19.5 Å². The third-order valence-corrected chi connectivity index (χ3v) is 6.59. The van der Waals surface area contributed by atoms with Crippen LogP contribution in [-0.4, -0.2) is 102 Å². The fraction of sp³-hybridized carbons (Fsp3) is 0.677. The molecular weight excluding hydrogens is 610 g/mol. The van der Waals surface area contributed by atoms with Gasteiger partial charge in [0.1, 0.15) is 23.7 Å². The summed E-state index contributed by atoms with van der Waals surface area (Å²) in [5.74, 6) is -2.37. The Bertz CT molecular complexity index is 1240. The van der Waals surface area contributed by atoms with Crippen LogP contribution in [0.5, 0.6) is 0 Å². The van der Waals surface area contributed by atoms with E-state index >= 15 is 4.39 Å². The topological polar surface area (TPSA) is 144 Å². The second-order valence-electron chi connectivity index (χ2n) is 10.0. The minimum Gasteiger partial charge on any atom is -0.432 e. The molecule has 13 nitrogen and oxygen atoms in total. The normalized spacial score (nSPS) is 11.1. The van der Waals surface area contributed by atoms with Crippen molar-refractivity contribution in [1.29, 1.82) is 5.26 Å². The van der Waals surface area contributed by atoms with Crippen molar-refractivity contribution in [3.05, 3.63) is 23.3 Å². The van der Waals surface area contributed by atoms with Crippen LogP contribution in [0, 0.1) is 23.0 Å². The number of rotatable bonds is 25. The lowest BCUT2D eigenvalue weighted by atomic mass is 10.2. The molecule has 0 aliphatic rings. The molecule has 0 bridgehead atoms. The second kappa shape index (κ2) is 23.0. The largest absolute Gasteiger partial charge is 0.510 e. The molecular formula is C31H46F2N4O9. The van der Waals surface area contributed by atoms with Gasteiger partial charge in [-0.1, -0.05) is 33.1 Å². The second-order valence-corrected chi connectivity index (χ2v) is 10.0. The summed E-state index contributed by atoms with van der Waals surface area (Å²) in [6, 6.07) is 2.42. The molecule has 1 heterocycles. The van der Waals surface area contributed by atoms with E-state index in [0.29, 0.717) is 65.5 Å². The first-order valence-corrected chi connectivity index (χ1v) is 15.6. The molecule has 0 aliphatic heterocycles. The Morgan fingerprint density at radius 2 is 1.46 bits per heavy atom. The molecule has 2 aromatic rings. The Labute approximate surface area is 268 Å². The fourth-order valence-corrected chi connectivity index (χ4v) is 4.18. The van der Waals surface area contributed by atoms with Crippen molar-refractivity contribution in [2.45, 2.75) is 58.9 Å². The summed E-state index contributed by atoms with van der Waals surface area (Å²) in [4.78, 5) is 30.9. The number of imidazole rings is 1. The quantitative estimate of drug-likeness (QED) is 0.0832. The minimum atomic E-state index is -1.06. The molecule has 0 atom stereocenters. The number of anilines is 1. The van der Waals surface area contributed by atoms with E-state index < -0.39 is 36.0 Å². The highest BCUT2D eigenvalue weighted by molar-refractivity contribution is 5.94. The number of ether oxygens (including phenoxy) is 7. The molecule has 0 fully saturated rings. The molecule has 0 unspecified atom stereocenters. The van der Waals surface area contributed by atoms with E-state index in [-0.39, 0.29) is 49.8 Å². The smallest absolute Gasteiger partial charge is 0.432 e. The molecule has 0 saturated heterocycles. The molecule has 0 radical (unpaired) electrons.